The third-order valence-corrected chi connectivity index (χ3v) is 4.50. The van der Waals surface area contributed by atoms with E-state index in [0.717, 1.165) is 20.8 Å². The van der Waals surface area contributed by atoms with Gasteiger partial charge in [0.05, 0.1) is 10.9 Å². The van der Waals surface area contributed by atoms with Crippen LogP contribution in [0.15, 0.2) is 28.7 Å². The zero-order valence-electron chi connectivity index (χ0n) is 12.0. The molecule has 0 amide bonds. The number of rotatable bonds is 3. The molecule has 0 spiro atoms. The average Bonchev–Trinajstić information content (AvgIpc) is 3.17. The normalized spacial score (nSPS) is 20.1. The van der Waals surface area contributed by atoms with Crippen LogP contribution in [0, 0.1) is 62.1 Å². The van der Waals surface area contributed by atoms with Crippen molar-refractivity contribution in [2.45, 2.75) is 6.10 Å². The van der Waals surface area contributed by atoms with Gasteiger partial charge in [-0.15, -0.1) is 0 Å². The third kappa shape index (κ3) is 5.94. The van der Waals surface area contributed by atoms with Crippen molar-refractivity contribution in [2.75, 3.05) is 7.11 Å². The Kier molecular flexibility index (Phi) is 10.6. The second-order valence-corrected chi connectivity index (χ2v) is 6.14. The van der Waals surface area contributed by atoms with E-state index in [9.17, 15) is 0 Å². The SMILES string of the molecule is CO[C@H]([C]1[CH][CH][CH][C]1Br)c1ccccc1Br.[CH]1[CH][CH][CH][CH]1.[Fe+2]. The fourth-order valence-electron chi connectivity index (χ4n) is 2.05. The summed E-state index contributed by atoms with van der Waals surface area (Å²) in [7, 11) is 1.73. The minimum absolute atomic E-state index is 0. The molecule has 1 atom stereocenters. The molecule has 2 aliphatic rings. The van der Waals surface area contributed by atoms with Crippen molar-refractivity contribution < 1.29 is 21.8 Å². The van der Waals surface area contributed by atoms with Gasteiger partial charge >= 0.3 is 17.1 Å². The van der Waals surface area contributed by atoms with E-state index in [1.807, 2.05) is 63.1 Å². The monoisotopic (exact) mass is 462 g/mol. The van der Waals surface area contributed by atoms with Crippen LogP contribution >= 0.6 is 31.9 Å². The molecule has 0 unspecified atom stereocenters. The van der Waals surface area contributed by atoms with Gasteiger partial charge in [-0.05, 0) is 63.0 Å². The number of methoxy groups -OCH3 is 1. The van der Waals surface area contributed by atoms with Crippen molar-refractivity contribution >= 4 is 31.9 Å². The zero-order chi connectivity index (χ0) is 15.1. The van der Waals surface area contributed by atoms with Gasteiger partial charge in [-0.2, -0.15) is 0 Å². The molecule has 0 bridgehead atoms. The number of halogens is 2. The molecule has 2 aliphatic carbocycles. The van der Waals surface area contributed by atoms with Crippen molar-refractivity contribution in [1.29, 1.82) is 0 Å². The fourth-order valence-corrected chi connectivity index (χ4v) is 3.04. The Labute approximate surface area is 162 Å². The van der Waals surface area contributed by atoms with Crippen LogP contribution in [0.1, 0.15) is 11.7 Å². The van der Waals surface area contributed by atoms with Gasteiger partial charge in [0, 0.05) is 17.5 Å². The van der Waals surface area contributed by atoms with Crippen molar-refractivity contribution in [1.82, 2.24) is 0 Å². The van der Waals surface area contributed by atoms with Gasteiger partial charge in [-0.3, -0.25) is 0 Å². The summed E-state index contributed by atoms with van der Waals surface area (Å²) in [6.07, 6.45) is 16.1. The molecule has 0 aliphatic heterocycles. The molecule has 1 nitrogen and oxygen atoms in total. The molecule has 2 saturated carbocycles. The fraction of sp³-hybridized carbons (Fsp3) is 0.111. The first kappa shape index (κ1) is 20.7. The minimum atomic E-state index is -0.0417. The molecule has 0 heterocycles. The van der Waals surface area contributed by atoms with Crippen LogP contribution in [0.2, 0.25) is 0 Å². The maximum absolute atomic E-state index is 5.58. The van der Waals surface area contributed by atoms with E-state index < -0.39 is 0 Å². The summed E-state index contributed by atoms with van der Waals surface area (Å²) < 4.78 is 6.65. The Balaban J connectivity index is 0.000000344. The van der Waals surface area contributed by atoms with E-state index >= 15 is 0 Å². The van der Waals surface area contributed by atoms with Crippen molar-refractivity contribution in [3.05, 3.63) is 96.4 Å². The van der Waals surface area contributed by atoms with Crippen molar-refractivity contribution in [3.63, 3.8) is 0 Å². The molecule has 0 aromatic heterocycles. The molecule has 0 saturated heterocycles. The molecule has 4 heteroatoms. The molecule has 22 heavy (non-hydrogen) atoms. The van der Waals surface area contributed by atoms with E-state index in [0.29, 0.717) is 0 Å². The predicted octanol–water partition coefficient (Wildman–Crippen LogP) is 5.28. The minimum Gasteiger partial charge on any atom is -0.376 e. The Morgan fingerprint density at radius 1 is 0.864 bits per heavy atom. The van der Waals surface area contributed by atoms with Gasteiger partial charge in [-0.25, -0.2) is 0 Å². The Morgan fingerprint density at radius 2 is 1.45 bits per heavy atom. The van der Waals surface area contributed by atoms with Gasteiger partial charge in [-0.1, -0.05) is 50.1 Å². The first-order valence-electron chi connectivity index (χ1n) is 6.59. The molecule has 0 N–H and O–H groups in total. The largest absolute Gasteiger partial charge is 2.00 e. The molecular formula is C18H16Br2FeO+2. The van der Waals surface area contributed by atoms with Gasteiger partial charge in [0.15, 0.2) is 0 Å². The van der Waals surface area contributed by atoms with Crippen LogP contribution in [-0.4, -0.2) is 7.11 Å². The smallest absolute Gasteiger partial charge is 0.376 e. The van der Waals surface area contributed by atoms with E-state index in [2.05, 4.69) is 44.3 Å². The molecule has 3 rings (SSSR count). The van der Waals surface area contributed by atoms with E-state index in [1.54, 1.807) is 7.11 Å². The summed E-state index contributed by atoms with van der Waals surface area (Å²) in [6.45, 7) is 0. The Morgan fingerprint density at radius 3 is 1.91 bits per heavy atom. The van der Waals surface area contributed by atoms with E-state index in [1.165, 1.54) is 0 Å². The molecule has 2 fully saturated rings. The Bertz CT molecular complexity index is 416. The summed E-state index contributed by atoms with van der Waals surface area (Å²) in [6, 6.07) is 8.11. The van der Waals surface area contributed by atoms with Crippen LogP contribution in [0.4, 0.5) is 0 Å². The van der Waals surface area contributed by atoms with Gasteiger partial charge in [0.1, 0.15) is 0 Å². The third-order valence-electron chi connectivity index (χ3n) is 3.06. The second-order valence-electron chi connectivity index (χ2n) is 4.43. The summed E-state index contributed by atoms with van der Waals surface area (Å²) >= 11 is 7.09. The van der Waals surface area contributed by atoms with E-state index in [-0.39, 0.29) is 23.2 Å². The molecule has 10 radical (unpaired) electrons. The summed E-state index contributed by atoms with van der Waals surface area (Å²) in [5, 5.41) is 0. The van der Waals surface area contributed by atoms with Crippen molar-refractivity contribution in [3.8, 4) is 0 Å². The maximum Gasteiger partial charge on any atom is 2.00 e. The maximum atomic E-state index is 5.58. The van der Waals surface area contributed by atoms with Gasteiger partial charge in [0.2, 0.25) is 0 Å². The number of ether oxygens (including phenoxy) is 1. The van der Waals surface area contributed by atoms with Gasteiger partial charge < -0.3 is 4.74 Å². The molecular weight excluding hydrogens is 448 g/mol. The van der Waals surface area contributed by atoms with E-state index in [4.69, 9.17) is 4.74 Å². The average molecular weight is 464 g/mol. The Hall–Kier alpha value is 0.659. The summed E-state index contributed by atoms with van der Waals surface area (Å²) in [5.74, 6) is 1.15. The first-order valence-corrected chi connectivity index (χ1v) is 8.17. The zero-order valence-corrected chi connectivity index (χ0v) is 16.3. The number of hydrogen-bond donors (Lipinski definition) is 0. The van der Waals surface area contributed by atoms with Gasteiger partial charge in [0.25, 0.3) is 0 Å². The summed E-state index contributed by atoms with van der Waals surface area (Å²) in [5.41, 5.74) is 1.14. The van der Waals surface area contributed by atoms with Crippen LogP contribution in [-0.2, 0) is 21.8 Å². The van der Waals surface area contributed by atoms with Crippen molar-refractivity contribution in [2.24, 2.45) is 0 Å². The topological polar surface area (TPSA) is 9.23 Å². The first-order chi connectivity index (χ1) is 10.2. The molecule has 114 valence electrons. The second kappa shape index (κ2) is 11.3. The molecule has 1 aromatic rings. The molecule has 1 aromatic carbocycles. The van der Waals surface area contributed by atoms with Crippen LogP contribution in [0.5, 0.6) is 0 Å². The standard InChI is InChI=1S/C13H11Br2O.C5H5.Fe/c1-16-13(10-6-4-8-12(10)15)9-5-2-3-7-11(9)14;1-2-4-5-3-1;/h2-8,13H,1H3;1-5H;/q;;+2/t13-;;/m0../s1. The number of hydrogen-bond acceptors (Lipinski definition) is 1. The summed E-state index contributed by atoms with van der Waals surface area (Å²) in [4.78, 5) is 1.08. The van der Waals surface area contributed by atoms with Crippen LogP contribution < -0.4 is 0 Å². The quantitative estimate of drug-likeness (QED) is 0.554. The van der Waals surface area contributed by atoms with Crippen LogP contribution in [0.3, 0.4) is 0 Å². The predicted molar refractivity (Wildman–Crippen MR) is 93.7 cm³/mol. The number of benzene rings is 1. The van der Waals surface area contributed by atoms with Crippen LogP contribution in [0.25, 0.3) is 0 Å².